The summed E-state index contributed by atoms with van der Waals surface area (Å²) >= 11 is 0. The van der Waals surface area contributed by atoms with Crippen LogP contribution in [0.4, 0.5) is 18.9 Å². The standard InChI is InChI=1S/C17H12F3N3O4/c18-17(19,20)16(25)10-14(12-7-4-8-13(9-12)23(26)27)21-22(16)15(24)11-5-2-1-3-6-11/h1-9,25H,10H2. The maximum absolute atomic E-state index is 13.5. The molecule has 10 heteroatoms. The van der Waals surface area contributed by atoms with Gasteiger partial charge in [0.2, 0.25) is 0 Å². The Morgan fingerprint density at radius 3 is 2.44 bits per heavy atom. The lowest BCUT2D eigenvalue weighted by atomic mass is 10.00. The molecule has 0 aromatic heterocycles. The fourth-order valence-electron chi connectivity index (χ4n) is 2.64. The summed E-state index contributed by atoms with van der Waals surface area (Å²) in [7, 11) is 0. The Bertz CT molecular complexity index is 931. The second-order valence-corrected chi connectivity index (χ2v) is 5.83. The van der Waals surface area contributed by atoms with E-state index in [4.69, 9.17) is 0 Å². The van der Waals surface area contributed by atoms with E-state index in [2.05, 4.69) is 5.10 Å². The Labute approximate surface area is 150 Å². The predicted molar refractivity (Wildman–Crippen MR) is 87.9 cm³/mol. The highest BCUT2D eigenvalue weighted by atomic mass is 19.4. The number of carbonyl (C=O) groups excluding carboxylic acids is 1. The minimum Gasteiger partial charge on any atom is -0.362 e. The van der Waals surface area contributed by atoms with Gasteiger partial charge >= 0.3 is 6.18 Å². The number of carbonyl (C=O) groups is 1. The highest BCUT2D eigenvalue weighted by Gasteiger charge is 2.63. The number of rotatable bonds is 3. The molecule has 1 atom stereocenters. The summed E-state index contributed by atoms with van der Waals surface area (Å²) in [5.41, 5.74) is -4.28. The molecular formula is C17H12F3N3O4. The first kappa shape index (κ1) is 18.5. The lowest BCUT2D eigenvalue weighted by Crippen LogP contribution is -2.56. The molecule has 140 valence electrons. The minimum absolute atomic E-state index is 0.00948. The molecule has 2 aromatic carbocycles. The number of benzene rings is 2. The van der Waals surface area contributed by atoms with E-state index >= 15 is 0 Å². The van der Waals surface area contributed by atoms with Crippen molar-refractivity contribution in [2.24, 2.45) is 5.10 Å². The van der Waals surface area contributed by atoms with Crippen molar-refractivity contribution in [1.29, 1.82) is 0 Å². The summed E-state index contributed by atoms with van der Waals surface area (Å²) in [5, 5.41) is 24.8. The van der Waals surface area contributed by atoms with Crippen LogP contribution in [0.3, 0.4) is 0 Å². The molecule has 1 unspecified atom stereocenters. The van der Waals surface area contributed by atoms with Gasteiger partial charge in [-0.2, -0.15) is 23.3 Å². The fraction of sp³-hybridized carbons (Fsp3) is 0.176. The van der Waals surface area contributed by atoms with E-state index in [1.165, 1.54) is 42.5 Å². The summed E-state index contributed by atoms with van der Waals surface area (Å²) in [6.45, 7) is 0. The van der Waals surface area contributed by atoms with Crippen LogP contribution in [0.5, 0.6) is 0 Å². The normalized spacial score (nSPS) is 19.7. The van der Waals surface area contributed by atoms with Crippen LogP contribution in [0.25, 0.3) is 0 Å². The van der Waals surface area contributed by atoms with E-state index < -0.39 is 29.2 Å². The Kier molecular flexibility index (Phi) is 4.44. The molecule has 1 N–H and O–H groups in total. The number of hydrogen-bond acceptors (Lipinski definition) is 5. The molecular weight excluding hydrogens is 367 g/mol. The Hall–Kier alpha value is -3.27. The van der Waals surface area contributed by atoms with Crippen LogP contribution in [-0.4, -0.2) is 38.6 Å². The Morgan fingerprint density at radius 1 is 1.19 bits per heavy atom. The summed E-state index contributed by atoms with van der Waals surface area (Å²) in [6.07, 6.45) is -6.24. The van der Waals surface area contributed by atoms with Crippen LogP contribution in [0.1, 0.15) is 22.3 Å². The van der Waals surface area contributed by atoms with Crippen LogP contribution < -0.4 is 0 Å². The van der Waals surface area contributed by atoms with Gasteiger partial charge in [0, 0.05) is 23.3 Å². The van der Waals surface area contributed by atoms with Gasteiger partial charge in [-0.1, -0.05) is 30.3 Å². The number of hydrogen-bond donors (Lipinski definition) is 1. The quantitative estimate of drug-likeness (QED) is 0.655. The molecule has 27 heavy (non-hydrogen) atoms. The van der Waals surface area contributed by atoms with E-state index in [1.807, 2.05) is 0 Å². The lowest BCUT2D eigenvalue weighted by Gasteiger charge is -2.32. The molecule has 7 nitrogen and oxygen atoms in total. The number of nitro benzene ring substituents is 1. The maximum Gasteiger partial charge on any atom is 0.438 e. The molecule has 0 saturated heterocycles. The monoisotopic (exact) mass is 379 g/mol. The highest BCUT2D eigenvalue weighted by molar-refractivity contribution is 6.05. The second kappa shape index (κ2) is 6.47. The van der Waals surface area contributed by atoms with Crippen molar-refractivity contribution >= 4 is 17.3 Å². The first-order chi connectivity index (χ1) is 12.6. The molecule has 0 saturated carbocycles. The molecule has 0 radical (unpaired) electrons. The van der Waals surface area contributed by atoms with Gasteiger partial charge < -0.3 is 5.11 Å². The molecule has 1 aliphatic heterocycles. The molecule has 0 bridgehead atoms. The van der Waals surface area contributed by atoms with Gasteiger partial charge in [0.15, 0.2) is 0 Å². The second-order valence-electron chi connectivity index (χ2n) is 5.83. The molecule has 0 spiro atoms. The zero-order valence-corrected chi connectivity index (χ0v) is 13.6. The zero-order valence-electron chi connectivity index (χ0n) is 13.6. The number of nitrogens with zero attached hydrogens (tertiary/aromatic N) is 3. The first-order valence-electron chi connectivity index (χ1n) is 7.64. The molecule has 1 heterocycles. The van der Waals surface area contributed by atoms with Crippen molar-refractivity contribution in [3.05, 3.63) is 75.8 Å². The van der Waals surface area contributed by atoms with Crippen LogP contribution in [0.2, 0.25) is 0 Å². The largest absolute Gasteiger partial charge is 0.438 e. The van der Waals surface area contributed by atoms with Crippen molar-refractivity contribution in [3.63, 3.8) is 0 Å². The van der Waals surface area contributed by atoms with E-state index in [1.54, 1.807) is 6.07 Å². The Morgan fingerprint density at radius 2 is 1.85 bits per heavy atom. The third-order valence-electron chi connectivity index (χ3n) is 4.04. The SMILES string of the molecule is O=C(c1ccccc1)N1N=C(c2cccc([N+](=O)[O-])c2)CC1(O)C(F)(F)F. The minimum atomic E-state index is -5.19. The van der Waals surface area contributed by atoms with Crippen LogP contribution in [0, 0.1) is 10.1 Å². The van der Waals surface area contributed by atoms with Crippen LogP contribution in [0.15, 0.2) is 59.7 Å². The number of halogens is 3. The number of non-ortho nitro benzene ring substituents is 1. The third-order valence-corrected chi connectivity index (χ3v) is 4.04. The smallest absolute Gasteiger partial charge is 0.362 e. The fourth-order valence-corrected chi connectivity index (χ4v) is 2.64. The van der Waals surface area contributed by atoms with Gasteiger partial charge in [-0.3, -0.25) is 14.9 Å². The molecule has 2 aromatic rings. The van der Waals surface area contributed by atoms with Gasteiger partial charge in [0.05, 0.1) is 17.1 Å². The molecule has 1 amide bonds. The number of alkyl halides is 3. The summed E-state index contributed by atoms with van der Waals surface area (Å²) in [4.78, 5) is 22.7. The summed E-state index contributed by atoms with van der Waals surface area (Å²) < 4.78 is 40.6. The number of hydrazone groups is 1. The third kappa shape index (κ3) is 3.26. The summed E-state index contributed by atoms with van der Waals surface area (Å²) in [5.74, 6) is -1.14. The summed E-state index contributed by atoms with van der Waals surface area (Å²) in [6, 6.07) is 11.9. The lowest BCUT2D eigenvalue weighted by molar-refractivity contribution is -0.384. The zero-order chi connectivity index (χ0) is 19.8. The molecule has 1 aliphatic rings. The van der Waals surface area contributed by atoms with Crippen molar-refractivity contribution in [1.82, 2.24) is 5.01 Å². The average Bonchev–Trinajstić information content (AvgIpc) is 3.01. The van der Waals surface area contributed by atoms with Crippen molar-refractivity contribution in [3.8, 4) is 0 Å². The van der Waals surface area contributed by atoms with Crippen molar-refractivity contribution in [2.75, 3.05) is 0 Å². The number of amides is 1. The van der Waals surface area contributed by atoms with Crippen LogP contribution >= 0.6 is 0 Å². The van der Waals surface area contributed by atoms with E-state index in [0.717, 1.165) is 6.07 Å². The van der Waals surface area contributed by atoms with E-state index in [0.29, 0.717) is 0 Å². The van der Waals surface area contributed by atoms with Gasteiger partial charge in [-0.25, -0.2) is 0 Å². The molecule has 3 rings (SSSR count). The average molecular weight is 379 g/mol. The van der Waals surface area contributed by atoms with Gasteiger partial charge in [0.25, 0.3) is 17.3 Å². The number of nitro groups is 1. The first-order valence-corrected chi connectivity index (χ1v) is 7.64. The van der Waals surface area contributed by atoms with Gasteiger partial charge in [0.1, 0.15) is 0 Å². The highest BCUT2D eigenvalue weighted by Crippen LogP contribution is 2.42. The van der Waals surface area contributed by atoms with Crippen molar-refractivity contribution in [2.45, 2.75) is 18.3 Å². The topological polar surface area (TPSA) is 96.0 Å². The van der Waals surface area contributed by atoms with E-state index in [9.17, 15) is 33.2 Å². The number of aliphatic hydroxyl groups is 1. The van der Waals surface area contributed by atoms with Gasteiger partial charge in [-0.15, -0.1) is 0 Å². The molecule has 0 aliphatic carbocycles. The predicted octanol–water partition coefficient (Wildman–Crippen LogP) is 3.10. The molecule has 0 fully saturated rings. The van der Waals surface area contributed by atoms with Gasteiger partial charge in [-0.05, 0) is 12.1 Å². The van der Waals surface area contributed by atoms with E-state index in [-0.39, 0.29) is 27.5 Å². The maximum atomic E-state index is 13.5. The van der Waals surface area contributed by atoms with Crippen molar-refractivity contribution < 1.29 is 28.0 Å². The van der Waals surface area contributed by atoms with Crippen LogP contribution in [-0.2, 0) is 0 Å². The Balaban J connectivity index is 2.06.